The molecule has 5 rings (SSSR count). The maximum atomic E-state index is 6.06. The molecule has 3 nitrogen and oxygen atoms in total. The molecular weight excluding hydrogens is 308 g/mol. The van der Waals surface area contributed by atoms with E-state index in [1.54, 1.807) is 0 Å². The van der Waals surface area contributed by atoms with Crippen LogP contribution in [0.1, 0.15) is 11.1 Å². The van der Waals surface area contributed by atoms with Gasteiger partial charge < -0.3 is 4.42 Å². The standard InChI is InChI=1S/C19H11ClN2O/c20-15-10-21-19-17(22-15)16-13-8-3-1-2-6-11(13)12-7-4-5-9-14(12)18(16)23-19/h1-5,7-10H,6H2. The molecular formula is C19H11ClN2O. The Kier molecular flexibility index (Phi) is 2.61. The van der Waals surface area contributed by atoms with E-state index in [0.717, 1.165) is 33.9 Å². The molecule has 110 valence electrons. The van der Waals surface area contributed by atoms with Crippen LogP contribution in [0.25, 0.3) is 39.0 Å². The number of allylic oxidation sites excluding steroid dienone is 3. The Labute approximate surface area is 136 Å². The molecule has 1 aliphatic rings. The molecule has 4 aromatic rings. The van der Waals surface area contributed by atoms with Crippen LogP contribution in [0.15, 0.2) is 53.1 Å². The third-order valence-corrected chi connectivity index (χ3v) is 4.48. The molecule has 0 amide bonds. The summed E-state index contributed by atoms with van der Waals surface area (Å²) in [6, 6.07) is 8.31. The van der Waals surface area contributed by atoms with E-state index in [1.165, 1.54) is 17.1 Å². The van der Waals surface area contributed by atoms with Gasteiger partial charge >= 0.3 is 0 Å². The Morgan fingerprint density at radius 1 is 1.09 bits per heavy atom. The Hall–Kier alpha value is -2.65. The summed E-state index contributed by atoms with van der Waals surface area (Å²) >= 11 is 6.06. The predicted molar refractivity (Wildman–Crippen MR) is 93.7 cm³/mol. The van der Waals surface area contributed by atoms with E-state index in [2.05, 4.69) is 52.5 Å². The minimum atomic E-state index is 0.373. The molecule has 0 radical (unpaired) electrons. The molecule has 2 aromatic carbocycles. The largest absolute Gasteiger partial charge is 0.436 e. The fourth-order valence-corrected chi connectivity index (χ4v) is 3.48. The number of benzene rings is 2. The van der Waals surface area contributed by atoms with Crippen LogP contribution in [0.3, 0.4) is 0 Å². The lowest BCUT2D eigenvalue weighted by Crippen LogP contribution is -1.91. The first-order valence-electron chi connectivity index (χ1n) is 7.44. The van der Waals surface area contributed by atoms with Crippen molar-refractivity contribution in [2.24, 2.45) is 0 Å². The van der Waals surface area contributed by atoms with Crippen molar-refractivity contribution in [3.05, 3.63) is 65.0 Å². The van der Waals surface area contributed by atoms with Gasteiger partial charge in [0.1, 0.15) is 16.3 Å². The first-order valence-corrected chi connectivity index (χ1v) is 7.82. The second-order valence-electron chi connectivity index (χ2n) is 5.58. The minimum Gasteiger partial charge on any atom is -0.436 e. The number of fused-ring (bicyclic) bond motifs is 8. The molecule has 4 heteroatoms. The zero-order valence-corrected chi connectivity index (χ0v) is 12.8. The van der Waals surface area contributed by atoms with Crippen molar-refractivity contribution in [1.29, 1.82) is 0 Å². The highest BCUT2D eigenvalue weighted by Gasteiger charge is 2.20. The first kappa shape index (κ1) is 12.9. The fourth-order valence-electron chi connectivity index (χ4n) is 3.35. The number of rotatable bonds is 0. The van der Waals surface area contributed by atoms with Crippen LogP contribution < -0.4 is 0 Å². The number of hydrogen-bond donors (Lipinski definition) is 0. The van der Waals surface area contributed by atoms with Gasteiger partial charge in [-0.1, -0.05) is 60.2 Å². The molecule has 0 saturated heterocycles. The molecule has 0 N–H and O–H groups in total. The fraction of sp³-hybridized carbons (Fsp3) is 0.0526. The van der Waals surface area contributed by atoms with Gasteiger partial charge in [-0.3, -0.25) is 0 Å². The number of nitrogens with zero attached hydrogens (tertiary/aromatic N) is 2. The van der Waals surface area contributed by atoms with Crippen LogP contribution in [0.4, 0.5) is 0 Å². The van der Waals surface area contributed by atoms with Crippen molar-refractivity contribution in [2.45, 2.75) is 6.42 Å². The van der Waals surface area contributed by atoms with Gasteiger partial charge in [-0.15, -0.1) is 0 Å². The molecule has 23 heavy (non-hydrogen) atoms. The average Bonchev–Trinajstić information content (AvgIpc) is 2.77. The van der Waals surface area contributed by atoms with Gasteiger partial charge in [0.15, 0.2) is 0 Å². The zero-order chi connectivity index (χ0) is 15.4. The van der Waals surface area contributed by atoms with Crippen LogP contribution >= 0.6 is 11.6 Å². The SMILES string of the molecule is Clc1cnc2oc3c4ccccc4c4c(c3c2n1)C=CC=CC4. The summed E-state index contributed by atoms with van der Waals surface area (Å²) in [4.78, 5) is 8.76. The Bertz CT molecular complexity index is 1150. The van der Waals surface area contributed by atoms with Gasteiger partial charge in [-0.2, -0.15) is 0 Å². The van der Waals surface area contributed by atoms with Gasteiger partial charge in [0, 0.05) is 5.39 Å². The molecule has 0 fully saturated rings. The van der Waals surface area contributed by atoms with E-state index in [9.17, 15) is 0 Å². The molecule has 2 heterocycles. The van der Waals surface area contributed by atoms with E-state index in [-0.39, 0.29) is 0 Å². The van der Waals surface area contributed by atoms with E-state index >= 15 is 0 Å². The van der Waals surface area contributed by atoms with Crippen molar-refractivity contribution in [3.8, 4) is 0 Å². The summed E-state index contributed by atoms with van der Waals surface area (Å²) in [7, 11) is 0. The molecule has 0 atom stereocenters. The molecule has 0 spiro atoms. The molecule has 1 aliphatic carbocycles. The summed E-state index contributed by atoms with van der Waals surface area (Å²) in [5.41, 5.74) is 4.49. The highest BCUT2D eigenvalue weighted by molar-refractivity contribution is 6.30. The monoisotopic (exact) mass is 318 g/mol. The van der Waals surface area contributed by atoms with E-state index in [4.69, 9.17) is 16.0 Å². The van der Waals surface area contributed by atoms with E-state index < -0.39 is 0 Å². The Morgan fingerprint density at radius 3 is 2.87 bits per heavy atom. The van der Waals surface area contributed by atoms with Gasteiger partial charge in [-0.05, 0) is 22.9 Å². The van der Waals surface area contributed by atoms with Crippen molar-refractivity contribution < 1.29 is 4.42 Å². The summed E-state index contributed by atoms with van der Waals surface area (Å²) < 4.78 is 6.04. The second kappa shape index (κ2) is 4.67. The zero-order valence-electron chi connectivity index (χ0n) is 12.1. The van der Waals surface area contributed by atoms with Crippen molar-refractivity contribution >= 4 is 50.6 Å². The third-order valence-electron chi connectivity index (χ3n) is 4.30. The Balaban J connectivity index is 2.12. The summed E-state index contributed by atoms with van der Waals surface area (Å²) in [5.74, 6) is 0. The third kappa shape index (κ3) is 1.77. The topological polar surface area (TPSA) is 38.9 Å². The lowest BCUT2D eigenvalue weighted by Gasteiger charge is -2.10. The highest BCUT2D eigenvalue weighted by atomic mass is 35.5. The molecule has 0 saturated carbocycles. The molecule has 2 aromatic heterocycles. The molecule has 0 unspecified atom stereocenters. The van der Waals surface area contributed by atoms with E-state index in [1.807, 2.05) is 6.07 Å². The average molecular weight is 319 g/mol. The smallest absolute Gasteiger partial charge is 0.246 e. The van der Waals surface area contributed by atoms with Crippen LogP contribution in [0.2, 0.25) is 5.15 Å². The number of hydrogen-bond acceptors (Lipinski definition) is 3. The van der Waals surface area contributed by atoms with Crippen molar-refractivity contribution in [1.82, 2.24) is 9.97 Å². The number of halogens is 1. The first-order chi connectivity index (χ1) is 11.3. The van der Waals surface area contributed by atoms with Crippen molar-refractivity contribution in [3.63, 3.8) is 0 Å². The quantitative estimate of drug-likeness (QED) is 0.441. The molecule has 0 aliphatic heterocycles. The lowest BCUT2D eigenvalue weighted by atomic mass is 9.93. The maximum absolute atomic E-state index is 6.06. The normalized spacial score (nSPS) is 13.8. The van der Waals surface area contributed by atoms with Crippen LogP contribution in [0.5, 0.6) is 0 Å². The summed E-state index contributed by atoms with van der Waals surface area (Å²) in [6.07, 6.45) is 10.8. The Morgan fingerprint density at radius 2 is 1.96 bits per heavy atom. The predicted octanol–water partition coefficient (Wildman–Crippen LogP) is 5.31. The summed E-state index contributed by atoms with van der Waals surface area (Å²) in [5, 5.41) is 3.65. The molecule has 0 bridgehead atoms. The highest BCUT2D eigenvalue weighted by Crippen LogP contribution is 2.39. The van der Waals surface area contributed by atoms with Gasteiger partial charge in [0.2, 0.25) is 5.71 Å². The minimum absolute atomic E-state index is 0.373. The number of furan rings is 1. The maximum Gasteiger partial charge on any atom is 0.246 e. The van der Waals surface area contributed by atoms with Gasteiger partial charge in [-0.25, -0.2) is 9.97 Å². The summed E-state index contributed by atoms with van der Waals surface area (Å²) in [6.45, 7) is 0. The lowest BCUT2D eigenvalue weighted by molar-refractivity contribution is 0.656. The van der Waals surface area contributed by atoms with E-state index in [0.29, 0.717) is 10.9 Å². The number of aromatic nitrogens is 2. The van der Waals surface area contributed by atoms with Crippen LogP contribution in [0, 0.1) is 0 Å². The van der Waals surface area contributed by atoms with Crippen LogP contribution in [-0.4, -0.2) is 9.97 Å². The van der Waals surface area contributed by atoms with Crippen LogP contribution in [-0.2, 0) is 6.42 Å². The van der Waals surface area contributed by atoms with Crippen molar-refractivity contribution in [2.75, 3.05) is 0 Å². The van der Waals surface area contributed by atoms with Gasteiger partial charge in [0.25, 0.3) is 0 Å². The van der Waals surface area contributed by atoms with Gasteiger partial charge in [0.05, 0.1) is 11.6 Å². The second-order valence-corrected chi connectivity index (χ2v) is 5.97.